The molecule has 0 aliphatic rings. The van der Waals surface area contributed by atoms with Gasteiger partial charge in [-0.2, -0.15) is 0 Å². The largest absolute Gasteiger partial charge is 0.391 e. The van der Waals surface area contributed by atoms with Gasteiger partial charge in [-0.15, -0.1) is 0 Å². The molecular weight excluding hydrogens is 236 g/mol. The van der Waals surface area contributed by atoms with Gasteiger partial charge in [-0.3, -0.25) is 14.9 Å². The lowest BCUT2D eigenvalue weighted by Crippen LogP contribution is -2.31. The van der Waals surface area contributed by atoms with E-state index in [0.29, 0.717) is 12.0 Å². The fourth-order valence-corrected chi connectivity index (χ4v) is 1.46. The third-order valence-electron chi connectivity index (χ3n) is 2.50. The van der Waals surface area contributed by atoms with Crippen molar-refractivity contribution in [3.8, 4) is 0 Å². The minimum atomic E-state index is -0.603. The van der Waals surface area contributed by atoms with Gasteiger partial charge in [0.25, 0.3) is 11.6 Å². The summed E-state index contributed by atoms with van der Waals surface area (Å²) >= 11 is 0. The number of hydrogen-bond acceptors (Lipinski definition) is 4. The van der Waals surface area contributed by atoms with Crippen LogP contribution in [0.25, 0.3) is 0 Å². The van der Waals surface area contributed by atoms with Gasteiger partial charge in [0.2, 0.25) is 0 Å². The number of nitro groups is 1. The molecule has 0 fully saturated rings. The highest BCUT2D eigenvalue weighted by Crippen LogP contribution is 2.16. The first kappa shape index (κ1) is 14.1. The summed E-state index contributed by atoms with van der Waals surface area (Å²) in [5.74, 6) is -0.422. The number of aryl methyl sites for hydroxylation is 1. The highest BCUT2D eigenvalue weighted by Gasteiger charge is 2.13. The normalized spacial score (nSPS) is 11.9. The Morgan fingerprint density at radius 1 is 1.50 bits per heavy atom. The molecular formula is C12H16N2O4. The maximum absolute atomic E-state index is 11.7. The first-order valence-electron chi connectivity index (χ1n) is 5.66. The molecule has 1 aromatic rings. The summed E-state index contributed by atoms with van der Waals surface area (Å²) in [6, 6.07) is 4.19. The van der Waals surface area contributed by atoms with Crippen molar-refractivity contribution >= 4 is 11.6 Å². The Morgan fingerprint density at radius 3 is 2.72 bits per heavy atom. The molecule has 0 aromatic heterocycles. The summed E-state index contributed by atoms with van der Waals surface area (Å²) in [5.41, 5.74) is 0.756. The summed E-state index contributed by atoms with van der Waals surface area (Å²) in [6.07, 6.45) is -0.0671. The maximum Gasteiger partial charge on any atom is 0.270 e. The van der Waals surface area contributed by atoms with Gasteiger partial charge in [-0.1, -0.05) is 6.92 Å². The van der Waals surface area contributed by atoms with Gasteiger partial charge in [0.1, 0.15) is 0 Å². The quantitative estimate of drug-likeness (QED) is 0.612. The van der Waals surface area contributed by atoms with E-state index >= 15 is 0 Å². The number of benzene rings is 1. The number of hydrogen-bond donors (Lipinski definition) is 2. The minimum Gasteiger partial charge on any atom is -0.391 e. The highest BCUT2D eigenvalue weighted by molar-refractivity contribution is 5.95. The summed E-state index contributed by atoms with van der Waals surface area (Å²) in [4.78, 5) is 21.9. The molecule has 98 valence electrons. The fourth-order valence-electron chi connectivity index (χ4n) is 1.46. The molecule has 18 heavy (non-hydrogen) atoms. The van der Waals surface area contributed by atoms with Crippen LogP contribution >= 0.6 is 0 Å². The first-order valence-corrected chi connectivity index (χ1v) is 5.66. The van der Waals surface area contributed by atoms with Crippen molar-refractivity contribution in [2.45, 2.75) is 26.4 Å². The van der Waals surface area contributed by atoms with Crippen LogP contribution < -0.4 is 5.32 Å². The summed E-state index contributed by atoms with van der Waals surface area (Å²) in [6.45, 7) is 3.62. The smallest absolute Gasteiger partial charge is 0.270 e. The van der Waals surface area contributed by atoms with Crippen LogP contribution in [0.15, 0.2) is 18.2 Å². The van der Waals surface area contributed by atoms with E-state index in [4.69, 9.17) is 0 Å². The molecule has 1 atom stereocenters. The van der Waals surface area contributed by atoms with Crippen molar-refractivity contribution in [3.05, 3.63) is 39.4 Å². The summed E-state index contributed by atoms with van der Waals surface area (Å²) < 4.78 is 0. The lowest BCUT2D eigenvalue weighted by Gasteiger charge is -2.09. The molecule has 1 rings (SSSR count). The Bertz CT molecular complexity index is 459. The molecule has 0 saturated carbocycles. The van der Waals surface area contributed by atoms with Crippen LogP contribution in [0.1, 0.15) is 29.3 Å². The number of aliphatic hydroxyl groups excluding tert-OH is 1. The zero-order chi connectivity index (χ0) is 13.7. The number of nitro benzene ring substituents is 1. The minimum absolute atomic E-state index is 0.115. The van der Waals surface area contributed by atoms with Crippen LogP contribution in [0, 0.1) is 17.0 Å². The first-order chi connectivity index (χ1) is 8.43. The van der Waals surface area contributed by atoms with E-state index in [1.54, 1.807) is 19.9 Å². The van der Waals surface area contributed by atoms with Crippen LogP contribution in [0.5, 0.6) is 0 Å². The van der Waals surface area contributed by atoms with E-state index < -0.39 is 16.9 Å². The predicted octanol–water partition coefficient (Wildman–Crippen LogP) is 1.40. The number of aliphatic hydroxyl groups is 1. The van der Waals surface area contributed by atoms with Crippen molar-refractivity contribution in [2.24, 2.45) is 0 Å². The van der Waals surface area contributed by atoms with Gasteiger partial charge in [0.05, 0.1) is 11.0 Å². The van der Waals surface area contributed by atoms with E-state index in [0.717, 1.165) is 0 Å². The van der Waals surface area contributed by atoms with Gasteiger partial charge in [0, 0.05) is 24.2 Å². The van der Waals surface area contributed by atoms with Gasteiger partial charge < -0.3 is 10.4 Å². The zero-order valence-electron chi connectivity index (χ0n) is 10.3. The molecule has 0 aliphatic carbocycles. The molecule has 0 spiro atoms. The van der Waals surface area contributed by atoms with Gasteiger partial charge >= 0.3 is 0 Å². The van der Waals surface area contributed by atoms with Crippen molar-refractivity contribution in [3.63, 3.8) is 0 Å². The van der Waals surface area contributed by atoms with E-state index in [1.807, 2.05) is 0 Å². The molecule has 0 radical (unpaired) electrons. The lowest BCUT2D eigenvalue weighted by atomic mass is 10.1. The number of non-ortho nitro benzene ring substituents is 1. The Morgan fingerprint density at radius 2 is 2.17 bits per heavy atom. The van der Waals surface area contributed by atoms with E-state index in [-0.39, 0.29) is 17.8 Å². The molecule has 6 heteroatoms. The van der Waals surface area contributed by atoms with E-state index in [1.165, 1.54) is 12.1 Å². The standard InChI is InChI=1S/C12H16N2O4/c1-3-11(15)7-13-12(16)9-4-8(2)5-10(6-9)14(17)18/h4-6,11,15H,3,7H2,1-2H3,(H,13,16). The molecule has 0 saturated heterocycles. The highest BCUT2D eigenvalue weighted by atomic mass is 16.6. The Kier molecular flexibility index (Phi) is 4.79. The van der Waals surface area contributed by atoms with Crippen LogP contribution in [0.3, 0.4) is 0 Å². The second-order valence-corrected chi connectivity index (χ2v) is 4.09. The summed E-state index contributed by atoms with van der Waals surface area (Å²) in [7, 11) is 0. The second-order valence-electron chi connectivity index (χ2n) is 4.09. The van der Waals surface area contributed by atoms with Gasteiger partial charge in [-0.05, 0) is 25.0 Å². The van der Waals surface area contributed by atoms with Crippen LogP contribution in [-0.4, -0.2) is 28.6 Å². The van der Waals surface area contributed by atoms with Crippen molar-refractivity contribution in [1.29, 1.82) is 0 Å². The Hall–Kier alpha value is -1.95. The Balaban J connectivity index is 2.82. The number of amides is 1. The maximum atomic E-state index is 11.7. The monoisotopic (exact) mass is 252 g/mol. The number of nitrogens with one attached hydrogen (secondary N) is 1. The molecule has 1 amide bonds. The number of carbonyl (C=O) groups is 1. The molecule has 2 N–H and O–H groups in total. The number of rotatable bonds is 5. The second kappa shape index (κ2) is 6.11. The average molecular weight is 252 g/mol. The van der Waals surface area contributed by atoms with Crippen molar-refractivity contribution in [1.82, 2.24) is 5.32 Å². The molecule has 1 aromatic carbocycles. The van der Waals surface area contributed by atoms with Crippen LogP contribution in [0.4, 0.5) is 5.69 Å². The zero-order valence-corrected chi connectivity index (χ0v) is 10.3. The molecule has 6 nitrogen and oxygen atoms in total. The molecule has 0 bridgehead atoms. The van der Waals surface area contributed by atoms with E-state index in [2.05, 4.69) is 5.32 Å². The topological polar surface area (TPSA) is 92.5 Å². The summed E-state index contributed by atoms with van der Waals surface area (Å²) in [5, 5.41) is 22.5. The SMILES string of the molecule is CCC(O)CNC(=O)c1cc(C)cc([N+](=O)[O-])c1. The predicted molar refractivity (Wildman–Crippen MR) is 66.5 cm³/mol. The molecule has 1 unspecified atom stereocenters. The van der Waals surface area contributed by atoms with Crippen LogP contribution in [0.2, 0.25) is 0 Å². The molecule has 0 aliphatic heterocycles. The fraction of sp³-hybridized carbons (Fsp3) is 0.417. The van der Waals surface area contributed by atoms with Gasteiger partial charge in [-0.25, -0.2) is 0 Å². The van der Waals surface area contributed by atoms with Gasteiger partial charge in [0.15, 0.2) is 0 Å². The number of carbonyl (C=O) groups excluding carboxylic acids is 1. The van der Waals surface area contributed by atoms with E-state index in [9.17, 15) is 20.0 Å². The molecule has 0 heterocycles. The third kappa shape index (κ3) is 3.81. The Labute approximate surface area is 105 Å². The van der Waals surface area contributed by atoms with Crippen LogP contribution in [-0.2, 0) is 0 Å². The number of nitrogens with zero attached hydrogens (tertiary/aromatic N) is 1. The van der Waals surface area contributed by atoms with Crippen molar-refractivity contribution < 1.29 is 14.8 Å². The third-order valence-corrected chi connectivity index (χ3v) is 2.50. The lowest BCUT2D eigenvalue weighted by molar-refractivity contribution is -0.384. The van der Waals surface area contributed by atoms with Crippen molar-refractivity contribution in [2.75, 3.05) is 6.54 Å². The average Bonchev–Trinajstić information content (AvgIpc) is 2.34.